The lowest BCUT2D eigenvalue weighted by molar-refractivity contribution is -0.147. The Morgan fingerprint density at radius 2 is 2.11 bits per heavy atom. The van der Waals surface area contributed by atoms with Gasteiger partial charge < -0.3 is 28.8 Å². The SMILES string of the molecule is COc1cccc2cc(CSc3nc4cncnc4n3[C@@H]3O[C@H](COC(C)=O)[C@@H](O)[C@H]3O)c(=O)oc12. The topological polar surface area (TPSA) is 159 Å². The molecule has 4 atom stereocenters. The molecule has 0 bridgehead atoms. The van der Waals surface area contributed by atoms with Crippen molar-refractivity contribution in [3.05, 3.63) is 52.8 Å². The summed E-state index contributed by atoms with van der Waals surface area (Å²) in [6.45, 7) is 1.01. The number of methoxy groups -OCH3 is 1. The number of rotatable bonds is 7. The van der Waals surface area contributed by atoms with Crippen LogP contribution in [0.3, 0.4) is 0 Å². The number of hydrogen-bond donors (Lipinski definition) is 2. The zero-order chi connectivity index (χ0) is 25.4. The maximum atomic E-state index is 12.7. The fourth-order valence-corrected chi connectivity index (χ4v) is 4.98. The molecule has 36 heavy (non-hydrogen) atoms. The fourth-order valence-electron chi connectivity index (χ4n) is 4.00. The Labute approximate surface area is 207 Å². The van der Waals surface area contributed by atoms with E-state index in [0.29, 0.717) is 38.6 Å². The predicted molar refractivity (Wildman–Crippen MR) is 126 cm³/mol. The lowest BCUT2D eigenvalue weighted by Gasteiger charge is -2.19. The molecule has 0 spiro atoms. The van der Waals surface area contributed by atoms with Gasteiger partial charge in [-0.1, -0.05) is 23.9 Å². The highest BCUT2D eigenvalue weighted by Crippen LogP contribution is 2.36. The summed E-state index contributed by atoms with van der Waals surface area (Å²) in [6, 6.07) is 7.04. The first-order valence-corrected chi connectivity index (χ1v) is 11.9. The fraction of sp³-hybridized carbons (Fsp3) is 0.348. The molecule has 0 unspecified atom stereocenters. The van der Waals surface area contributed by atoms with Crippen LogP contribution in [0.2, 0.25) is 0 Å². The number of thioether (sulfide) groups is 1. The normalized spacial score (nSPS) is 21.8. The second-order valence-electron chi connectivity index (χ2n) is 8.07. The van der Waals surface area contributed by atoms with Crippen molar-refractivity contribution in [1.29, 1.82) is 0 Å². The molecule has 1 aliphatic rings. The Morgan fingerprint density at radius 3 is 2.89 bits per heavy atom. The smallest absolute Gasteiger partial charge is 0.340 e. The van der Waals surface area contributed by atoms with E-state index in [1.165, 1.54) is 42.9 Å². The molecule has 13 heteroatoms. The van der Waals surface area contributed by atoms with Crippen molar-refractivity contribution in [2.75, 3.05) is 13.7 Å². The number of fused-ring (bicyclic) bond motifs is 2. The van der Waals surface area contributed by atoms with E-state index in [1.54, 1.807) is 18.2 Å². The minimum atomic E-state index is -1.35. The molecule has 0 saturated carbocycles. The number of ether oxygens (including phenoxy) is 3. The quantitative estimate of drug-likeness (QED) is 0.208. The molecule has 188 valence electrons. The third-order valence-corrected chi connectivity index (χ3v) is 6.74. The number of aliphatic hydroxyl groups is 2. The summed E-state index contributed by atoms with van der Waals surface area (Å²) in [4.78, 5) is 36.7. The molecule has 4 aromatic rings. The van der Waals surface area contributed by atoms with E-state index in [0.717, 1.165) is 0 Å². The minimum absolute atomic E-state index is 0.189. The van der Waals surface area contributed by atoms with E-state index in [4.69, 9.17) is 18.6 Å². The molecule has 1 aliphatic heterocycles. The van der Waals surface area contributed by atoms with E-state index >= 15 is 0 Å². The monoisotopic (exact) mass is 514 g/mol. The highest BCUT2D eigenvalue weighted by molar-refractivity contribution is 7.98. The van der Waals surface area contributed by atoms with E-state index in [1.807, 2.05) is 6.07 Å². The number of aromatic nitrogens is 4. The molecular weight excluding hydrogens is 492 g/mol. The van der Waals surface area contributed by atoms with Crippen LogP contribution < -0.4 is 10.4 Å². The van der Waals surface area contributed by atoms with Gasteiger partial charge in [-0.2, -0.15) is 0 Å². The summed E-state index contributed by atoms with van der Waals surface area (Å²) in [6.07, 6.45) is -1.85. The molecule has 1 aromatic carbocycles. The Morgan fingerprint density at radius 1 is 1.28 bits per heavy atom. The van der Waals surface area contributed by atoms with Gasteiger partial charge in [0.05, 0.1) is 13.3 Å². The third kappa shape index (κ3) is 4.41. The van der Waals surface area contributed by atoms with Crippen LogP contribution in [0.4, 0.5) is 0 Å². The number of benzene rings is 1. The van der Waals surface area contributed by atoms with Crippen LogP contribution in [0.1, 0.15) is 18.7 Å². The molecule has 12 nitrogen and oxygen atoms in total. The molecule has 3 aromatic heterocycles. The van der Waals surface area contributed by atoms with Crippen molar-refractivity contribution in [1.82, 2.24) is 19.5 Å². The van der Waals surface area contributed by atoms with Crippen LogP contribution in [0.15, 0.2) is 51.2 Å². The van der Waals surface area contributed by atoms with Gasteiger partial charge in [0.2, 0.25) is 0 Å². The van der Waals surface area contributed by atoms with Crippen molar-refractivity contribution in [2.24, 2.45) is 0 Å². The minimum Gasteiger partial charge on any atom is -0.493 e. The van der Waals surface area contributed by atoms with Crippen LogP contribution in [0.5, 0.6) is 5.75 Å². The lowest BCUT2D eigenvalue weighted by Crippen LogP contribution is -2.34. The molecule has 4 heterocycles. The second-order valence-corrected chi connectivity index (χ2v) is 9.01. The molecule has 1 fully saturated rings. The maximum Gasteiger partial charge on any atom is 0.340 e. The van der Waals surface area contributed by atoms with E-state index in [-0.39, 0.29) is 12.4 Å². The summed E-state index contributed by atoms with van der Waals surface area (Å²) in [7, 11) is 1.50. The van der Waals surface area contributed by atoms with Gasteiger partial charge in [0, 0.05) is 23.6 Å². The number of aliphatic hydroxyl groups excluding tert-OH is 2. The summed E-state index contributed by atoms with van der Waals surface area (Å²) >= 11 is 1.20. The first-order chi connectivity index (χ1) is 17.4. The van der Waals surface area contributed by atoms with Crippen molar-refractivity contribution < 1.29 is 33.6 Å². The third-order valence-electron chi connectivity index (χ3n) is 5.74. The van der Waals surface area contributed by atoms with Crippen LogP contribution in [-0.2, 0) is 20.0 Å². The van der Waals surface area contributed by atoms with E-state index in [2.05, 4.69) is 15.0 Å². The Kier molecular flexibility index (Phi) is 6.62. The molecule has 5 rings (SSSR count). The molecule has 0 aliphatic carbocycles. The van der Waals surface area contributed by atoms with Crippen LogP contribution in [0, 0.1) is 0 Å². The maximum absolute atomic E-state index is 12.7. The van der Waals surface area contributed by atoms with Gasteiger partial charge in [0.25, 0.3) is 0 Å². The van der Waals surface area contributed by atoms with Crippen molar-refractivity contribution in [2.45, 2.75) is 42.4 Å². The highest BCUT2D eigenvalue weighted by Gasteiger charge is 2.45. The number of para-hydroxylation sites is 1. The van der Waals surface area contributed by atoms with Gasteiger partial charge >= 0.3 is 11.6 Å². The van der Waals surface area contributed by atoms with Gasteiger partial charge in [-0.15, -0.1) is 0 Å². The highest BCUT2D eigenvalue weighted by atomic mass is 32.2. The predicted octanol–water partition coefficient (Wildman–Crippen LogP) is 1.42. The molecule has 0 amide bonds. The molecule has 1 saturated heterocycles. The second kappa shape index (κ2) is 9.85. The van der Waals surface area contributed by atoms with Crippen LogP contribution in [-0.4, -0.2) is 67.7 Å². The zero-order valence-electron chi connectivity index (χ0n) is 19.2. The molecule has 2 N–H and O–H groups in total. The zero-order valence-corrected chi connectivity index (χ0v) is 20.0. The summed E-state index contributed by atoms with van der Waals surface area (Å²) < 4.78 is 23.1. The summed E-state index contributed by atoms with van der Waals surface area (Å²) in [5.74, 6) is 0.111. The van der Waals surface area contributed by atoms with Gasteiger partial charge in [-0.25, -0.2) is 19.7 Å². The number of esters is 1. The van der Waals surface area contributed by atoms with E-state index in [9.17, 15) is 19.8 Å². The molecule has 0 radical (unpaired) electrons. The van der Waals surface area contributed by atoms with E-state index < -0.39 is 36.1 Å². The average molecular weight is 515 g/mol. The molecular formula is C23H22N4O8S. The van der Waals surface area contributed by atoms with Gasteiger partial charge in [-0.3, -0.25) is 9.36 Å². The Bertz CT molecular complexity index is 1490. The lowest BCUT2D eigenvalue weighted by atomic mass is 10.1. The van der Waals surface area contributed by atoms with Crippen molar-refractivity contribution in [3.63, 3.8) is 0 Å². The summed E-state index contributed by atoms with van der Waals surface area (Å²) in [5, 5.41) is 22.3. The van der Waals surface area contributed by atoms with Gasteiger partial charge in [0.1, 0.15) is 36.8 Å². The number of carbonyl (C=O) groups is 1. The Balaban J connectivity index is 1.47. The number of carbonyl (C=O) groups excluding carboxylic acids is 1. The van der Waals surface area contributed by atoms with Crippen LogP contribution >= 0.6 is 11.8 Å². The van der Waals surface area contributed by atoms with Crippen LogP contribution in [0.25, 0.3) is 22.1 Å². The first-order valence-electron chi connectivity index (χ1n) is 10.9. The Hall–Kier alpha value is -3.52. The number of nitrogens with zero attached hydrogens (tertiary/aromatic N) is 4. The number of hydrogen-bond acceptors (Lipinski definition) is 12. The van der Waals surface area contributed by atoms with Gasteiger partial charge in [-0.05, 0) is 12.1 Å². The largest absolute Gasteiger partial charge is 0.493 e. The van der Waals surface area contributed by atoms with Crippen molar-refractivity contribution in [3.8, 4) is 5.75 Å². The first kappa shape index (κ1) is 24.2. The summed E-state index contributed by atoms with van der Waals surface area (Å²) in [5.41, 5.74) is 1.04. The van der Waals surface area contributed by atoms with Gasteiger partial charge in [0.15, 0.2) is 28.4 Å². The average Bonchev–Trinajstić information content (AvgIpc) is 3.37. The number of imidazole rings is 1. The standard InChI is InChI=1S/C23H22N4O8S/c1-11(28)33-8-16-17(29)18(30)21(34-16)27-20-14(7-24-10-25-20)26-23(27)36-9-13-6-12-4-3-5-15(32-2)19(12)35-22(13)31/h3-7,10,16-18,21,29-30H,8-9H2,1-2H3/t16-,17-,18-,21-/m1/s1. The van der Waals surface area contributed by atoms with Crippen molar-refractivity contribution >= 4 is 39.9 Å².